The standard InChI is InChI=1S/C11H14N2O4S2/c1-6-3-19-11(9(6)10(12)16)13-7(14)4-18-5-8(15)17-2/h3H,4-5H2,1-2H3,(H2,12,16)(H,13,14). The molecule has 0 aliphatic rings. The minimum Gasteiger partial charge on any atom is -0.468 e. The molecule has 0 spiro atoms. The molecule has 0 aromatic carbocycles. The van der Waals surface area contributed by atoms with Gasteiger partial charge >= 0.3 is 5.97 Å². The molecule has 0 bridgehead atoms. The fourth-order valence-electron chi connectivity index (χ4n) is 1.29. The van der Waals surface area contributed by atoms with E-state index in [-0.39, 0.29) is 23.4 Å². The average Bonchev–Trinajstić information content (AvgIpc) is 2.70. The first-order chi connectivity index (χ1) is 8.95. The number of nitrogens with two attached hydrogens (primary N) is 1. The Morgan fingerprint density at radius 1 is 1.42 bits per heavy atom. The second-order valence-corrected chi connectivity index (χ2v) is 5.47. The Bertz CT molecular complexity index is 499. The van der Waals surface area contributed by atoms with Gasteiger partial charge in [-0.05, 0) is 17.9 Å². The van der Waals surface area contributed by atoms with Crippen LogP contribution in [0.2, 0.25) is 0 Å². The number of hydrogen-bond acceptors (Lipinski definition) is 6. The Hall–Kier alpha value is -1.54. The maximum atomic E-state index is 11.6. The van der Waals surface area contributed by atoms with Crippen molar-refractivity contribution in [2.45, 2.75) is 6.92 Å². The molecule has 1 heterocycles. The molecule has 0 aliphatic carbocycles. The van der Waals surface area contributed by atoms with Crippen molar-refractivity contribution in [3.8, 4) is 0 Å². The fraction of sp³-hybridized carbons (Fsp3) is 0.364. The first kappa shape index (κ1) is 15.5. The van der Waals surface area contributed by atoms with Crippen LogP contribution in [0.1, 0.15) is 15.9 Å². The highest BCUT2D eigenvalue weighted by Crippen LogP contribution is 2.27. The Labute approximate surface area is 118 Å². The Kier molecular flexibility index (Phi) is 5.84. The zero-order chi connectivity index (χ0) is 14.4. The summed E-state index contributed by atoms with van der Waals surface area (Å²) in [6.07, 6.45) is 0. The number of carbonyl (C=O) groups excluding carboxylic acids is 3. The third-order valence-electron chi connectivity index (χ3n) is 2.16. The van der Waals surface area contributed by atoms with E-state index < -0.39 is 5.91 Å². The van der Waals surface area contributed by atoms with Gasteiger partial charge in [0.25, 0.3) is 5.91 Å². The van der Waals surface area contributed by atoms with Gasteiger partial charge in [0.2, 0.25) is 5.91 Å². The van der Waals surface area contributed by atoms with Gasteiger partial charge in [0.05, 0.1) is 24.2 Å². The van der Waals surface area contributed by atoms with Gasteiger partial charge in [-0.3, -0.25) is 14.4 Å². The lowest BCUT2D eigenvalue weighted by molar-refractivity contribution is -0.137. The van der Waals surface area contributed by atoms with Crippen molar-refractivity contribution in [2.75, 3.05) is 23.9 Å². The molecule has 8 heteroatoms. The molecule has 0 saturated heterocycles. The Morgan fingerprint density at radius 3 is 2.68 bits per heavy atom. The Morgan fingerprint density at radius 2 is 2.11 bits per heavy atom. The molecule has 1 aromatic heterocycles. The van der Waals surface area contributed by atoms with E-state index in [1.807, 2.05) is 0 Å². The number of aryl methyl sites for hydroxylation is 1. The molecule has 1 aromatic rings. The summed E-state index contributed by atoms with van der Waals surface area (Å²) in [4.78, 5) is 33.7. The van der Waals surface area contributed by atoms with Crippen LogP contribution in [0.5, 0.6) is 0 Å². The van der Waals surface area contributed by atoms with Crippen molar-refractivity contribution in [1.29, 1.82) is 0 Å². The highest BCUT2D eigenvalue weighted by molar-refractivity contribution is 8.00. The number of amides is 2. The monoisotopic (exact) mass is 302 g/mol. The van der Waals surface area contributed by atoms with Crippen LogP contribution in [-0.2, 0) is 14.3 Å². The van der Waals surface area contributed by atoms with Crippen molar-refractivity contribution in [3.05, 3.63) is 16.5 Å². The number of primary amides is 1. The molecule has 3 N–H and O–H groups in total. The predicted molar refractivity (Wildman–Crippen MR) is 75.5 cm³/mol. The lowest BCUT2D eigenvalue weighted by Crippen LogP contribution is -2.19. The summed E-state index contributed by atoms with van der Waals surface area (Å²) in [7, 11) is 1.29. The first-order valence-corrected chi connectivity index (χ1v) is 7.31. The lowest BCUT2D eigenvalue weighted by atomic mass is 10.2. The topological polar surface area (TPSA) is 98.5 Å². The summed E-state index contributed by atoms with van der Waals surface area (Å²) >= 11 is 2.38. The molecule has 19 heavy (non-hydrogen) atoms. The van der Waals surface area contributed by atoms with Crippen molar-refractivity contribution in [3.63, 3.8) is 0 Å². The van der Waals surface area contributed by atoms with Crippen molar-refractivity contribution >= 4 is 45.9 Å². The van der Waals surface area contributed by atoms with Gasteiger partial charge in [-0.15, -0.1) is 23.1 Å². The van der Waals surface area contributed by atoms with E-state index in [0.29, 0.717) is 10.6 Å². The predicted octanol–water partition coefficient (Wildman–Crippen LogP) is 1.00. The number of anilines is 1. The number of ether oxygens (including phenoxy) is 1. The van der Waals surface area contributed by atoms with Gasteiger partial charge in [-0.1, -0.05) is 0 Å². The maximum absolute atomic E-state index is 11.6. The van der Waals surface area contributed by atoms with E-state index in [2.05, 4.69) is 10.1 Å². The van der Waals surface area contributed by atoms with Gasteiger partial charge in [0.1, 0.15) is 5.00 Å². The van der Waals surface area contributed by atoms with Crippen LogP contribution in [-0.4, -0.2) is 36.4 Å². The summed E-state index contributed by atoms with van der Waals surface area (Å²) in [5, 5.41) is 4.80. The number of nitrogens with one attached hydrogen (secondary N) is 1. The molecule has 6 nitrogen and oxygen atoms in total. The molecule has 0 fully saturated rings. The van der Waals surface area contributed by atoms with Gasteiger partial charge in [0.15, 0.2) is 0 Å². The van der Waals surface area contributed by atoms with E-state index in [9.17, 15) is 14.4 Å². The third-order valence-corrected chi connectivity index (χ3v) is 4.07. The van der Waals surface area contributed by atoms with Gasteiger partial charge in [-0.2, -0.15) is 0 Å². The number of esters is 1. The van der Waals surface area contributed by atoms with Crippen LogP contribution in [0.25, 0.3) is 0 Å². The van der Waals surface area contributed by atoms with Crippen LogP contribution < -0.4 is 11.1 Å². The largest absolute Gasteiger partial charge is 0.468 e. The lowest BCUT2D eigenvalue weighted by Gasteiger charge is -2.04. The number of hydrogen-bond donors (Lipinski definition) is 2. The van der Waals surface area contributed by atoms with Crippen LogP contribution in [0, 0.1) is 6.92 Å². The van der Waals surface area contributed by atoms with Crippen molar-refractivity contribution < 1.29 is 19.1 Å². The second-order valence-electron chi connectivity index (χ2n) is 3.60. The molecule has 0 saturated carbocycles. The van der Waals surface area contributed by atoms with Crippen LogP contribution in [0.15, 0.2) is 5.38 Å². The number of thioether (sulfide) groups is 1. The van der Waals surface area contributed by atoms with E-state index >= 15 is 0 Å². The number of thiophene rings is 1. The summed E-state index contributed by atoms with van der Waals surface area (Å²) in [5.74, 6) is -1.04. The van der Waals surface area contributed by atoms with E-state index in [1.54, 1.807) is 12.3 Å². The zero-order valence-corrected chi connectivity index (χ0v) is 12.2. The number of carbonyl (C=O) groups is 3. The molecule has 104 valence electrons. The van der Waals surface area contributed by atoms with Crippen molar-refractivity contribution in [1.82, 2.24) is 0 Å². The van der Waals surface area contributed by atoms with Crippen LogP contribution in [0.3, 0.4) is 0 Å². The Balaban J connectivity index is 2.53. The van der Waals surface area contributed by atoms with Crippen LogP contribution in [0.4, 0.5) is 5.00 Å². The molecule has 2 amide bonds. The van der Waals surface area contributed by atoms with E-state index in [4.69, 9.17) is 5.73 Å². The average molecular weight is 302 g/mol. The summed E-state index contributed by atoms with van der Waals surface area (Å²) in [6, 6.07) is 0. The van der Waals surface area contributed by atoms with E-state index in [1.165, 1.54) is 18.4 Å². The minimum absolute atomic E-state index is 0.101. The van der Waals surface area contributed by atoms with Gasteiger partial charge in [-0.25, -0.2) is 0 Å². The summed E-state index contributed by atoms with van der Waals surface area (Å²) in [6.45, 7) is 1.75. The molecular formula is C11H14N2O4S2. The molecule has 0 atom stereocenters. The highest BCUT2D eigenvalue weighted by Gasteiger charge is 2.16. The maximum Gasteiger partial charge on any atom is 0.315 e. The molecule has 0 unspecified atom stereocenters. The van der Waals surface area contributed by atoms with Crippen molar-refractivity contribution in [2.24, 2.45) is 5.73 Å². The molecule has 0 aliphatic heterocycles. The second kappa shape index (κ2) is 7.15. The van der Waals surface area contributed by atoms with Gasteiger partial charge < -0.3 is 15.8 Å². The number of rotatable bonds is 6. The molecule has 0 radical (unpaired) electrons. The SMILES string of the molecule is COC(=O)CSCC(=O)Nc1scc(C)c1C(N)=O. The zero-order valence-electron chi connectivity index (χ0n) is 10.5. The minimum atomic E-state index is -0.573. The first-order valence-electron chi connectivity index (χ1n) is 5.28. The smallest absolute Gasteiger partial charge is 0.315 e. The highest BCUT2D eigenvalue weighted by atomic mass is 32.2. The van der Waals surface area contributed by atoms with E-state index in [0.717, 1.165) is 17.3 Å². The summed E-state index contributed by atoms with van der Waals surface area (Å²) in [5.41, 5.74) is 6.30. The van der Waals surface area contributed by atoms with Gasteiger partial charge in [0, 0.05) is 0 Å². The number of methoxy groups -OCH3 is 1. The fourth-order valence-corrected chi connectivity index (χ4v) is 2.90. The van der Waals surface area contributed by atoms with Crippen LogP contribution >= 0.6 is 23.1 Å². The third kappa shape index (κ3) is 4.56. The summed E-state index contributed by atoms with van der Waals surface area (Å²) < 4.78 is 4.45. The molecular weight excluding hydrogens is 288 g/mol. The normalized spacial score (nSPS) is 10.0. The molecule has 1 rings (SSSR count). The quantitative estimate of drug-likeness (QED) is 0.764.